The number of hydrogen-bond acceptors (Lipinski definition) is 4. The van der Waals surface area contributed by atoms with Crippen LogP contribution in [0.5, 0.6) is 0 Å². The van der Waals surface area contributed by atoms with Crippen LogP contribution in [0.2, 0.25) is 0 Å². The average Bonchev–Trinajstić information content (AvgIpc) is 2.68. The number of nitrogens with one attached hydrogen (secondary N) is 3. The van der Waals surface area contributed by atoms with Gasteiger partial charge in [0.05, 0.1) is 16.1 Å². The second-order valence-electron chi connectivity index (χ2n) is 6.66. The number of anilines is 1. The van der Waals surface area contributed by atoms with Crippen LogP contribution in [0.4, 0.5) is 5.69 Å². The second-order valence-corrected chi connectivity index (χ2v) is 8.43. The molecule has 0 bridgehead atoms. The number of aryl methyl sites for hydroxylation is 1. The molecule has 0 aliphatic carbocycles. The van der Waals surface area contributed by atoms with E-state index in [-0.39, 0.29) is 29.7 Å². The number of carbonyl (C=O) groups excluding carboxylic acids is 2. The smallest absolute Gasteiger partial charge is 0.253 e. The van der Waals surface area contributed by atoms with Gasteiger partial charge in [0, 0.05) is 19.5 Å². The van der Waals surface area contributed by atoms with Crippen LogP contribution in [0.3, 0.4) is 0 Å². The molecule has 0 fully saturated rings. The Hall–Kier alpha value is -2.71. The lowest BCUT2D eigenvalue weighted by molar-refractivity contribution is -0.116. The second kappa shape index (κ2) is 10.7. The van der Waals surface area contributed by atoms with Crippen molar-refractivity contribution < 1.29 is 18.0 Å². The van der Waals surface area contributed by atoms with Crippen molar-refractivity contribution in [3.05, 3.63) is 59.7 Å². The summed E-state index contributed by atoms with van der Waals surface area (Å²) < 4.78 is 26.9. The molecule has 0 saturated heterocycles. The van der Waals surface area contributed by atoms with E-state index in [4.69, 9.17) is 0 Å². The Kier molecular flexibility index (Phi) is 8.35. The molecule has 7 nitrogen and oxygen atoms in total. The van der Waals surface area contributed by atoms with Crippen LogP contribution >= 0.6 is 0 Å². The Labute approximate surface area is 172 Å². The van der Waals surface area contributed by atoms with Crippen molar-refractivity contribution in [2.24, 2.45) is 0 Å². The van der Waals surface area contributed by atoms with Crippen LogP contribution in [0.25, 0.3) is 0 Å². The lowest BCUT2D eigenvalue weighted by Gasteiger charge is -2.12. The molecule has 0 heterocycles. The molecule has 0 aliphatic rings. The zero-order valence-electron chi connectivity index (χ0n) is 16.7. The Balaban J connectivity index is 1.91. The van der Waals surface area contributed by atoms with Crippen LogP contribution in [0, 0.1) is 6.92 Å². The van der Waals surface area contributed by atoms with Crippen molar-refractivity contribution >= 4 is 27.5 Å². The largest absolute Gasteiger partial charge is 0.352 e. The number of carbonyl (C=O) groups is 2. The summed E-state index contributed by atoms with van der Waals surface area (Å²) in [6.45, 7) is 4.43. The summed E-state index contributed by atoms with van der Waals surface area (Å²) in [5.74, 6) is -0.639. The van der Waals surface area contributed by atoms with Crippen LogP contribution in [0.15, 0.2) is 53.4 Å². The molecule has 0 unspecified atom stereocenters. The van der Waals surface area contributed by atoms with Crippen LogP contribution in [-0.2, 0) is 14.8 Å². The first-order chi connectivity index (χ1) is 13.8. The van der Waals surface area contributed by atoms with Gasteiger partial charge in [-0.15, -0.1) is 0 Å². The van der Waals surface area contributed by atoms with Gasteiger partial charge in [-0.2, -0.15) is 0 Å². The summed E-state index contributed by atoms with van der Waals surface area (Å²) >= 11 is 0. The van der Waals surface area contributed by atoms with Gasteiger partial charge in [0.1, 0.15) is 0 Å². The van der Waals surface area contributed by atoms with E-state index in [9.17, 15) is 18.0 Å². The highest BCUT2D eigenvalue weighted by atomic mass is 32.2. The van der Waals surface area contributed by atoms with Crippen molar-refractivity contribution in [3.8, 4) is 0 Å². The zero-order chi connectivity index (χ0) is 21.3. The molecule has 0 aliphatic heterocycles. The molecule has 2 rings (SSSR count). The van der Waals surface area contributed by atoms with Gasteiger partial charge in [-0.1, -0.05) is 43.2 Å². The number of sulfonamides is 1. The normalized spacial score (nSPS) is 11.1. The lowest BCUT2D eigenvalue weighted by Crippen LogP contribution is -2.29. The fourth-order valence-corrected chi connectivity index (χ4v) is 3.61. The van der Waals surface area contributed by atoms with Gasteiger partial charge in [-0.3, -0.25) is 9.59 Å². The molecule has 3 N–H and O–H groups in total. The van der Waals surface area contributed by atoms with Gasteiger partial charge < -0.3 is 10.6 Å². The van der Waals surface area contributed by atoms with E-state index in [2.05, 4.69) is 15.4 Å². The lowest BCUT2D eigenvalue weighted by atomic mass is 10.1. The van der Waals surface area contributed by atoms with E-state index >= 15 is 0 Å². The van der Waals surface area contributed by atoms with Gasteiger partial charge in [-0.05, 0) is 37.6 Å². The van der Waals surface area contributed by atoms with Crippen molar-refractivity contribution in [2.45, 2.75) is 38.0 Å². The quantitative estimate of drug-likeness (QED) is 0.517. The molecule has 0 aromatic heterocycles. The molecule has 156 valence electrons. The Bertz CT molecular complexity index is 941. The van der Waals surface area contributed by atoms with Gasteiger partial charge in [0.25, 0.3) is 5.91 Å². The Morgan fingerprint density at radius 2 is 1.66 bits per heavy atom. The van der Waals surface area contributed by atoms with Crippen molar-refractivity contribution in [1.82, 2.24) is 10.0 Å². The monoisotopic (exact) mass is 417 g/mol. The predicted molar refractivity (Wildman–Crippen MR) is 113 cm³/mol. The summed E-state index contributed by atoms with van der Waals surface area (Å²) in [4.78, 5) is 24.7. The van der Waals surface area contributed by atoms with E-state index in [1.807, 2.05) is 13.8 Å². The van der Waals surface area contributed by atoms with Gasteiger partial charge in [0.15, 0.2) is 0 Å². The SMILES string of the molecule is CCCCNC(=O)c1ccccc1NC(=O)CCNS(=O)(=O)c1ccc(C)cc1. The van der Waals surface area contributed by atoms with Crippen LogP contribution in [-0.4, -0.2) is 33.3 Å². The zero-order valence-corrected chi connectivity index (χ0v) is 17.5. The average molecular weight is 418 g/mol. The topological polar surface area (TPSA) is 104 Å². The molecule has 0 atom stereocenters. The Morgan fingerprint density at radius 1 is 0.966 bits per heavy atom. The number of amides is 2. The summed E-state index contributed by atoms with van der Waals surface area (Å²) in [5, 5.41) is 5.50. The van der Waals surface area contributed by atoms with Gasteiger partial charge >= 0.3 is 0 Å². The van der Waals surface area contributed by atoms with E-state index < -0.39 is 10.0 Å². The summed E-state index contributed by atoms with van der Waals surface area (Å²) in [7, 11) is -3.67. The van der Waals surface area contributed by atoms with E-state index in [0.29, 0.717) is 17.8 Å². The van der Waals surface area contributed by atoms with Crippen molar-refractivity contribution in [2.75, 3.05) is 18.4 Å². The van der Waals surface area contributed by atoms with Gasteiger partial charge in [0.2, 0.25) is 15.9 Å². The maximum Gasteiger partial charge on any atom is 0.253 e. The molecule has 0 spiro atoms. The third kappa shape index (κ3) is 6.99. The molecule has 0 radical (unpaired) electrons. The first-order valence-electron chi connectivity index (χ1n) is 9.57. The maximum atomic E-state index is 12.3. The third-order valence-electron chi connectivity index (χ3n) is 4.24. The first-order valence-corrected chi connectivity index (χ1v) is 11.0. The minimum absolute atomic E-state index is 0.0487. The van der Waals surface area contributed by atoms with E-state index in [1.54, 1.807) is 36.4 Å². The molecule has 29 heavy (non-hydrogen) atoms. The molecule has 0 saturated carbocycles. The highest BCUT2D eigenvalue weighted by Crippen LogP contribution is 2.15. The maximum absolute atomic E-state index is 12.3. The highest BCUT2D eigenvalue weighted by Gasteiger charge is 2.15. The van der Waals surface area contributed by atoms with Gasteiger partial charge in [-0.25, -0.2) is 13.1 Å². The molecule has 2 aromatic rings. The summed E-state index contributed by atoms with van der Waals surface area (Å²) in [6.07, 6.45) is 1.79. The summed E-state index contributed by atoms with van der Waals surface area (Å²) in [5.41, 5.74) is 1.73. The Morgan fingerprint density at radius 3 is 2.34 bits per heavy atom. The van der Waals surface area contributed by atoms with E-state index in [1.165, 1.54) is 12.1 Å². The molecular formula is C21H27N3O4S. The van der Waals surface area contributed by atoms with Crippen LogP contribution in [0.1, 0.15) is 42.1 Å². The standard InChI is InChI=1S/C21H27N3O4S/c1-3-4-14-22-21(26)18-7-5-6-8-19(18)24-20(25)13-15-23-29(27,28)17-11-9-16(2)10-12-17/h5-12,23H,3-4,13-15H2,1-2H3,(H,22,26)(H,24,25). The molecule has 2 amide bonds. The molecule has 2 aromatic carbocycles. The fraction of sp³-hybridized carbons (Fsp3) is 0.333. The first kappa shape index (κ1) is 22.6. The van der Waals surface area contributed by atoms with Crippen molar-refractivity contribution in [3.63, 3.8) is 0 Å². The van der Waals surface area contributed by atoms with Crippen molar-refractivity contribution in [1.29, 1.82) is 0 Å². The van der Waals surface area contributed by atoms with Crippen LogP contribution < -0.4 is 15.4 Å². The third-order valence-corrected chi connectivity index (χ3v) is 5.71. The number of rotatable bonds is 10. The summed E-state index contributed by atoms with van der Waals surface area (Å²) in [6, 6.07) is 13.2. The predicted octanol–water partition coefficient (Wildman–Crippen LogP) is 2.83. The number of hydrogen-bond donors (Lipinski definition) is 3. The fourth-order valence-electron chi connectivity index (χ4n) is 2.58. The number of benzene rings is 2. The highest BCUT2D eigenvalue weighted by molar-refractivity contribution is 7.89. The number of para-hydroxylation sites is 1. The molecule has 8 heteroatoms. The van der Waals surface area contributed by atoms with E-state index in [0.717, 1.165) is 18.4 Å². The minimum atomic E-state index is -3.67. The molecular weight excluding hydrogens is 390 g/mol. The number of unbranched alkanes of at least 4 members (excludes halogenated alkanes) is 1. The minimum Gasteiger partial charge on any atom is -0.352 e.